The Kier molecular flexibility index (Phi) is 5.17. The molecule has 2 N–H and O–H groups in total. The Morgan fingerprint density at radius 1 is 1.07 bits per heavy atom. The molecule has 1 fully saturated rings. The van der Waals surface area contributed by atoms with Gasteiger partial charge in [-0.25, -0.2) is 0 Å². The van der Waals surface area contributed by atoms with E-state index in [4.69, 9.17) is 19.7 Å². The average Bonchev–Trinajstić information content (AvgIpc) is 2.27. The summed E-state index contributed by atoms with van der Waals surface area (Å²) >= 11 is 0. The fourth-order valence-corrected chi connectivity index (χ4v) is 1.70. The van der Waals surface area contributed by atoms with Gasteiger partial charge in [-0.15, -0.1) is 0 Å². The second-order valence-corrected chi connectivity index (χ2v) is 3.59. The van der Waals surface area contributed by atoms with Crippen molar-refractivity contribution in [3.8, 4) is 0 Å². The van der Waals surface area contributed by atoms with Crippen LogP contribution in [0.1, 0.15) is 25.7 Å². The summed E-state index contributed by atoms with van der Waals surface area (Å²) in [5.74, 6) is -0.565. The minimum atomic E-state index is -0.778. The topological polar surface area (TPSA) is 76.0 Å². The summed E-state index contributed by atoms with van der Waals surface area (Å²) in [5, 5.41) is 17.4. The molecule has 15 heavy (non-hydrogen) atoms. The molecule has 0 saturated heterocycles. The third kappa shape index (κ3) is 3.87. The van der Waals surface area contributed by atoms with Gasteiger partial charge >= 0.3 is 0 Å². The quantitative estimate of drug-likeness (QED) is 0.606. The van der Waals surface area contributed by atoms with Crippen molar-refractivity contribution in [3.63, 3.8) is 0 Å². The zero-order chi connectivity index (χ0) is 11.1. The SMILES string of the molecule is O=C1CCC(OCCO)(OCCO)CC1. The highest BCUT2D eigenvalue weighted by Crippen LogP contribution is 2.31. The van der Waals surface area contributed by atoms with Crippen LogP contribution in [0, 0.1) is 0 Å². The van der Waals surface area contributed by atoms with Gasteiger partial charge in [0.1, 0.15) is 5.78 Å². The van der Waals surface area contributed by atoms with Crippen LogP contribution in [0.4, 0.5) is 0 Å². The van der Waals surface area contributed by atoms with Gasteiger partial charge in [0.05, 0.1) is 26.4 Å². The van der Waals surface area contributed by atoms with Gasteiger partial charge in [0.25, 0.3) is 0 Å². The van der Waals surface area contributed by atoms with Gasteiger partial charge < -0.3 is 19.7 Å². The Morgan fingerprint density at radius 2 is 1.53 bits per heavy atom. The van der Waals surface area contributed by atoms with Crippen LogP contribution in [0.15, 0.2) is 0 Å². The van der Waals surface area contributed by atoms with Crippen LogP contribution in [-0.2, 0) is 14.3 Å². The first-order chi connectivity index (χ1) is 7.22. The predicted molar refractivity (Wildman–Crippen MR) is 52.3 cm³/mol. The molecule has 5 heteroatoms. The fourth-order valence-electron chi connectivity index (χ4n) is 1.70. The Bertz CT molecular complexity index is 184. The molecular weight excluding hydrogens is 200 g/mol. The lowest BCUT2D eigenvalue weighted by Gasteiger charge is -2.36. The number of ketones is 1. The Labute approximate surface area is 89.0 Å². The summed E-state index contributed by atoms with van der Waals surface area (Å²) in [6, 6.07) is 0. The Hall–Kier alpha value is -0.490. The largest absolute Gasteiger partial charge is 0.394 e. The molecule has 0 aromatic rings. The average molecular weight is 218 g/mol. The van der Waals surface area contributed by atoms with Gasteiger partial charge in [-0.1, -0.05) is 0 Å². The third-order valence-corrected chi connectivity index (χ3v) is 2.48. The fraction of sp³-hybridized carbons (Fsp3) is 0.900. The summed E-state index contributed by atoms with van der Waals surface area (Å²) in [5.41, 5.74) is 0. The molecule has 0 unspecified atom stereocenters. The van der Waals surface area contributed by atoms with Crippen molar-refractivity contribution in [1.82, 2.24) is 0 Å². The van der Waals surface area contributed by atoms with Gasteiger partial charge in [0, 0.05) is 25.7 Å². The van der Waals surface area contributed by atoms with E-state index in [1.807, 2.05) is 0 Å². The van der Waals surface area contributed by atoms with E-state index in [0.29, 0.717) is 25.7 Å². The second kappa shape index (κ2) is 6.17. The number of carbonyl (C=O) groups excluding carboxylic acids is 1. The molecule has 1 aliphatic rings. The van der Waals surface area contributed by atoms with Crippen LogP contribution in [0.5, 0.6) is 0 Å². The number of Topliss-reactive ketones (excluding diaryl/α,β-unsaturated/α-hetero) is 1. The van der Waals surface area contributed by atoms with E-state index in [1.165, 1.54) is 0 Å². The highest BCUT2D eigenvalue weighted by atomic mass is 16.7. The van der Waals surface area contributed by atoms with Gasteiger partial charge in [0.15, 0.2) is 5.79 Å². The summed E-state index contributed by atoms with van der Waals surface area (Å²) in [7, 11) is 0. The van der Waals surface area contributed by atoms with Crippen molar-refractivity contribution < 1.29 is 24.5 Å². The van der Waals surface area contributed by atoms with Gasteiger partial charge in [0.2, 0.25) is 0 Å². The molecule has 5 nitrogen and oxygen atoms in total. The van der Waals surface area contributed by atoms with E-state index in [0.717, 1.165) is 0 Å². The van der Waals surface area contributed by atoms with Gasteiger partial charge in [-0.05, 0) is 0 Å². The second-order valence-electron chi connectivity index (χ2n) is 3.59. The van der Waals surface area contributed by atoms with Crippen LogP contribution in [0.25, 0.3) is 0 Å². The molecule has 0 radical (unpaired) electrons. The Balaban J connectivity index is 2.47. The number of ether oxygens (including phenoxy) is 2. The molecule has 1 rings (SSSR count). The van der Waals surface area contributed by atoms with Crippen LogP contribution in [0.2, 0.25) is 0 Å². The van der Waals surface area contributed by atoms with E-state index >= 15 is 0 Å². The van der Waals surface area contributed by atoms with Crippen LogP contribution in [0.3, 0.4) is 0 Å². The minimum Gasteiger partial charge on any atom is -0.394 e. The molecule has 0 aromatic heterocycles. The summed E-state index contributed by atoms with van der Waals surface area (Å²) < 4.78 is 10.9. The zero-order valence-corrected chi connectivity index (χ0v) is 8.78. The maximum Gasteiger partial charge on any atom is 0.169 e. The molecule has 0 spiro atoms. The molecule has 0 atom stereocenters. The number of carbonyl (C=O) groups is 1. The molecular formula is C10H18O5. The van der Waals surface area contributed by atoms with E-state index in [1.54, 1.807) is 0 Å². The highest BCUT2D eigenvalue weighted by Gasteiger charge is 2.36. The number of rotatable bonds is 6. The molecule has 0 amide bonds. The third-order valence-electron chi connectivity index (χ3n) is 2.48. The molecule has 0 bridgehead atoms. The summed E-state index contributed by atoms with van der Waals surface area (Å²) in [6.45, 7) is 0.246. The highest BCUT2D eigenvalue weighted by molar-refractivity contribution is 5.79. The lowest BCUT2D eigenvalue weighted by Crippen LogP contribution is -2.41. The smallest absolute Gasteiger partial charge is 0.169 e. The van der Waals surface area contributed by atoms with Crippen molar-refractivity contribution >= 4 is 5.78 Å². The van der Waals surface area contributed by atoms with E-state index in [-0.39, 0.29) is 32.2 Å². The van der Waals surface area contributed by atoms with Crippen molar-refractivity contribution in [3.05, 3.63) is 0 Å². The van der Waals surface area contributed by atoms with Gasteiger partial charge in [-0.3, -0.25) is 4.79 Å². The monoisotopic (exact) mass is 218 g/mol. The molecule has 0 aromatic carbocycles. The summed E-state index contributed by atoms with van der Waals surface area (Å²) in [4.78, 5) is 11.1. The van der Waals surface area contributed by atoms with Crippen LogP contribution in [-0.4, -0.2) is 48.2 Å². The normalized spacial score (nSPS) is 20.5. The number of aliphatic hydroxyl groups excluding tert-OH is 2. The summed E-state index contributed by atoms with van der Waals surface area (Å²) in [6.07, 6.45) is 1.89. The van der Waals surface area contributed by atoms with Crippen molar-refractivity contribution in [2.45, 2.75) is 31.5 Å². The lowest BCUT2D eigenvalue weighted by atomic mass is 9.93. The molecule has 88 valence electrons. The van der Waals surface area contributed by atoms with Crippen molar-refractivity contribution in [2.24, 2.45) is 0 Å². The molecule has 1 aliphatic carbocycles. The van der Waals surface area contributed by atoms with E-state index in [9.17, 15) is 4.79 Å². The minimum absolute atomic E-state index is 0.0712. The number of hydrogen-bond acceptors (Lipinski definition) is 5. The van der Waals surface area contributed by atoms with E-state index < -0.39 is 5.79 Å². The van der Waals surface area contributed by atoms with Crippen LogP contribution < -0.4 is 0 Å². The first-order valence-electron chi connectivity index (χ1n) is 5.24. The number of aliphatic hydroxyl groups is 2. The number of hydrogen-bond donors (Lipinski definition) is 2. The van der Waals surface area contributed by atoms with Gasteiger partial charge in [-0.2, -0.15) is 0 Å². The first kappa shape index (κ1) is 12.6. The maximum absolute atomic E-state index is 11.1. The molecule has 0 aliphatic heterocycles. The van der Waals surface area contributed by atoms with Crippen molar-refractivity contribution in [2.75, 3.05) is 26.4 Å². The van der Waals surface area contributed by atoms with Crippen LogP contribution >= 0.6 is 0 Å². The predicted octanol–water partition coefficient (Wildman–Crippen LogP) is -0.156. The van der Waals surface area contributed by atoms with E-state index in [2.05, 4.69) is 0 Å². The Morgan fingerprint density at radius 3 is 1.93 bits per heavy atom. The molecule has 1 saturated carbocycles. The molecule has 0 heterocycles. The standard InChI is InChI=1S/C10H18O5/c11-5-7-14-10(15-8-6-12)3-1-9(13)2-4-10/h11-12H,1-8H2. The maximum atomic E-state index is 11.1. The lowest BCUT2D eigenvalue weighted by molar-refractivity contribution is -0.255. The first-order valence-corrected chi connectivity index (χ1v) is 5.24. The zero-order valence-electron chi connectivity index (χ0n) is 8.78. The van der Waals surface area contributed by atoms with Crippen molar-refractivity contribution in [1.29, 1.82) is 0 Å².